The van der Waals surface area contributed by atoms with E-state index in [1.165, 1.54) is 11.1 Å². The summed E-state index contributed by atoms with van der Waals surface area (Å²) in [7, 11) is 0. The van der Waals surface area contributed by atoms with Crippen LogP contribution in [0.25, 0.3) is 0 Å². The lowest BCUT2D eigenvalue weighted by molar-refractivity contribution is 0.178. The smallest absolute Gasteiger partial charge is 0.0830 e. The summed E-state index contributed by atoms with van der Waals surface area (Å²) in [5.74, 6) is 0. The average Bonchev–Trinajstić information content (AvgIpc) is 2.31. The fraction of sp³-hybridized carbons (Fsp3) is 0.250. The van der Waals surface area contributed by atoms with Crippen molar-refractivity contribution in [3.8, 4) is 0 Å². The molecular weight excluding hydrogens is 279 g/mol. The SMILES string of the molecule is Cc1cc(C)cc(CC(O)c2ccc(Cl)c(Cl)c2)c1. The van der Waals surface area contributed by atoms with Crippen LogP contribution in [-0.2, 0) is 6.42 Å². The molecule has 1 unspecified atom stereocenters. The number of halogens is 2. The molecule has 3 heteroatoms. The highest BCUT2D eigenvalue weighted by atomic mass is 35.5. The molecule has 2 rings (SSSR count). The van der Waals surface area contributed by atoms with Crippen molar-refractivity contribution in [1.82, 2.24) is 0 Å². The lowest BCUT2D eigenvalue weighted by Crippen LogP contribution is -2.02. The molecule has 2 aromatic rings. The molecule has 19 heavy (non-hydrogen) atoms. The second-order valence-electron chi connectivity index (χ2n) is 4.89. The first-order valence-electron chi connectivity index (χ1n) is 6.16. The van der Waals surface area contributed by atoms with Crippen molar-refractivity contribution < 1.29 is 5.11 Å². The Morgan fingerprint density at radius 2 is 1.58 bits per heavy atom. The minimum atomic E-state index is -0.573. The summed E-state index contributed by atoms with van der Waals surface area (Å²) in [6.45, 7) is 4.12. The van der Waals surface area contributed by atoms with Crippen molar-refractivity contribution in [3.05, 3.63) is 68.7 Å². The first-order valence-corrected chi connectivity index (χ1v) is 6.91. The number of aliphatic hydroxyl groups is 1. The molecular formula is C16H16Cl2O. The van der Waals surface area contributed by atoms with Crippen LogP contribution in [0.1, 0.15) is 28.4 Å². The highest BCUT2D eigenvalue weighted by molar-refractivity contribution is 6.42. The number of hydrogen-bond acceptors (Lipinski definition) is 1. The summed E-state index contributed by atoms with van der Waals surface area (Å²) >= 11 is 11.8. The molecule has 0 aliphatic carbocycles. The van der Waals surface area contributed by atoms with E-state index in [0.29, 0.717) is 16.5 Å². The van der Waals surface area contributed by atoms with E-state index in [0.717, 1.165) is 11.1 Å². The van der Waals surface area contributed by atoms with Gasteiger partial charge in [0.05, 0.1) is 16.1 Å². The highest BCUT2D eigenvalue weighted by Crippen LogP contribution is 2.27. The highest BCUT2D eigenvalue weighted by Gasteiger charge is 2.11. The van der Waals surface area contributed by atoms with Crippen molar-refractivity contribution in [2.24, 2.45) is 0 Å². The van der Waals surface area contributed by atoms with E-state index in [1.807, 2.05) is 6.07 Å². The molecule has 0 aromatic heterocycles. The molecule has 1 atom stereocenters. The van der Waals surface area contributed by atoms with Crippen molar-refractivity contribution in [2.45, 2.75) is 26.4 Å². The lowest BCUT2D eigenvalue weighted by atomic mass is 9.98. The molecule has 1 N–H and O–H groups in total. The zero-order valence-corrected chi connectivity index (χ0v) is 12.5. The van der Waals surface area contributed by atoms with Gasteiger partial charge in [0.1, 0.15) is 0 Å². The standard InChI is InChI=1S/C16H16Cl2O/c1-10-5-11(2)7-12(6-10)8-16(19)13-3-4-14(17)15(18)9-13/h3-7,9,16,19H,8H2,1-2H3. The average molecular weight is 295 g/mol. The first kappa shape index (κ1) is 14.4. The monoisotopic (exact) mass is 294 g/mol. The third-order valence-electron chi connectivity index (χ3n) is 3.04. The fourth-order valence-electron chi connectivity index (χ4n) is 2.25. The summed E-state index contributed by atoms with van der Waals surface area (Å²) in [5, 5.41) is 11.2. The van der Waals surface area contributed by atoms with Crippen molar-refractivity contribution >= 4 is 23.2 Å². The second-order valence-corrected chi connectivity index (χ2v) is 5.70. The maximum absolute atomic E-state index is 10.3. The fourth-order valence-corrected chi connectivity index (χ4v) is 2.55. The predicted molar refractivity (Wildman–Crippen MR) is 81.0 cm³/mol. The van der Waals surface area contributed by atoms with E-state index in [4.69, 9.17) is 23.2 Å². The van der Waals surface area contributed by atoms with Crippen LogP contribution in [0.3, 0.4) is 0 Å². The molecule has 0 radical (unpaired) electrons. The van der Waals surface area contributed by atoms with Gasteiger partial charge >= 0.3 is 0 Å². The number of benzene rings is 2. The van der Waals surface area contributed by atoms with Gasteiger partial charge in [-0.1, -0.05) is 58.6 Å². The Labute approximate surface area is 123 Å². The van der Waals surface area contributed by atoms with Crippen LogP contribution in [0.4, 0.5) is 0 Å². The maximum Gasteiger partial charge on any atom is 0.0830 e. The van der Waals surface area contributed by atoms with E-state index >= 15 is 0 Å². The summed E-state index contributed by atoms with van der Waals surface area (Å²) < 4.78 is 0. The third-order valence-corrected chi connectivity index (χ3v) is 3.78. The molecule has 0 fully saturated rings. The quantitative estimate of drug-likeness (QED) is 0.855. The normalized spacial score (nSPS) is 12.5. The van der Waals surface area contributed by atoms with Crippen LogP contribution in [0.5, 0.6) is 0 Å². The summed E-state index contributed by atoms with van der Waals surface area (Å²) in [6.07, 6.45) is -0.00326. The van der Waals surface area contributed by atoms with Gasteiger partial charge in [-0.15, -0.1) is 0 Å². The molecule has 0 amide bonds. The molecule has 0 bridgehead atoms. The van der Waals surface area contributed by atoms with Crippen molar-refractivity contribution in [3.63, 3.8) is 0 Å². The Kier molecular flexibility index (Phi) is 4.51. The van der Waals surface area contributed by atoms with Gasteiger partial charge in [0.25, 0.3) is 0 Å². The zero-order chi connectivity index (χ0) is 14.0. The number of aryl methyl sites for hydroxylation is 2. The van der Waals surface area contributed by atoms with Gasteiger partial charge in [0.2, 0.25) is 0 Å². The third kappa shape index (κ3) is 3.73. The van der Waals surface area contributed by atoms with Gasteiger partial charge in [-0.3, -0.25) is 0 Å². The molecule has 0 heterocycles. The minimum Gasteiger partial charge on any atom is -0.388 e. The molecule has 0 aliphatic heterocycles. The van der Waals surface area contributed by atoms with Crippen LogP contribution in [-0.4, -0.2) is 5.11 Å². The first-order chi connectivity index (χ1) is 8.95. The number of aliphatic hydroxyl groups excluding tert-OH is 1. The molecule has 1 nitrogen and oxygen atoms in total. The van der Waals surface area contributed by atoms with Crippen molar-refractivity contribution in [2.75, 3.05) is 0 Å². The summed E-state index contributed by atoms with van der Waals surface area (Å²) in [4.78, 5) is 0. The lowest BCUT2D eigenvalue weighted by Gasteiger charge is -2.13. The van der Waals surface area contributed by atoms with Crippen LogP contribution < -0.4 is 0 Å². The largest absolute Gasteiger partial charge is 0.388 e. The predicted octanol–water partition coefficient (Wildman–Crippen LogP) is 4.89. The van der Waals surface area contributed by atoms with E-state index in [-0.39, 0.29) is 0 Å². The van der Waals surface area contributed by atoms with Gasteiger partial charge in [-0.2, -0.15) is 0 Å². The summed E-state index contributed by atoms with van der Waals surface area (Å²) in [6, 6.07) is 11.5. The topological polar surface area (TPSA) is 20.2 Å². The van der Waals surface area contributed by atoms with Gasteiger partial charge < -0.3 is 5.11 Å². The second kappa shape index (κ2) is 5.96. The summed E-state index contributed by atoms with van der Waals surface area (Å²) in [5.41, 5.74) is 4.32. The van der Waals surface area contributed by atoms with Gasteiger partial charge in [0, 0.05) is 6.42 Å². The van der Waals surface area contributed by atoms with Gasteiger partial charge in [-0.25, -0.2) is 0 Å². The Hall–Kier alpha value is -1.02. The zero-order valence-electron chi connectivity index (χ0n) is 11.0. The van der Waals surface area contributed by atoms with Crippen LogP contribution in [0.2, 0.25) is 10.0 Å². The van der Waals surface area contributed by atoms with E-state index < -0.39 is 6.10 Å². The van der Waals surface area contributed by atoms with Crippen LogP contribution in [0.15, 0.2) is 36.4 Å². The van der Waals surface area contributed by atoms with E-state index in [2.05, 4.69) is 32.0 Å². The maximum atomic E-state index is 10.3. The van der Waals surface area contributed by atoms with E-state index in [1.54, 1.807) is 12.1 Å². The molecule has 0 spiro atoms. The number of rotatable bonds is 3. The van der Waals surface area contributed by atoms with Crippen molar-refractivity contribution in [1.29, 1.82) is 0 Å². The Morgan fingerprint density at radius 1 is 0.947 bits per heavy atom. The van der Waals surface area contributed by atoms with Crippen LogP contribution in [0, 0.1) is 13.8 Å². The minimum absolute atomic E-state index is 0.471. The van der Waals surface area contributed by atoms with Crippen LogP contribution >= 0.6 is 23.2 Å². The molecule has 0 aliphatic rings. The number of hydrogen-bond donors (Lipinski definition) is 1. The Bertz CT molecular complexity index is 573. The molecule has 0 saturated carbocycles. The van der Waals surface area contributed by atoms with Gasteiger partial charge in [0.15, 0.2) is 0 Å². The Balaban J connectivity index is 2.20. The molecule has 2 aromatic carbocycles. The van der Waals surface area contributed by atoms with Gasteiger partial charge in [-0.05, 0) is 37.1 Å². The molecule has 100 valence electrons. The van der Waals surface area contributed by atoms with E-state index in [9.17, 15) is 5.11 Å². The Morgan fingerprint density at radius 3 is 2.16 bits per heavy atom. The molecule has 0 saturated heterocycles.